The molecule has 4 bridgehead atoms. The summed E-state index contributed by atoms with van der Waals surface area (Å²) in [4.78, 5) is 0. The fourth-order valence-corrected chi connectivity index (χ4v) is 6.51. The van der Waals surface area contributed by atoms with Gasteiger partial charge in [0.2, 0.25) is 0 Å². The molecule has 4 atom stereocenters. The van der Waals surface area contributed by atoms with E-state index in [4.69, 9.17) is 0 Å². The molecule has 4 aliphatic carbocycles. The van der Waals surface area contributed by atoms with Crippen LogP contribution < -0.4 is 5.32 Å². The van der Waals surface area contributed by atoms with Crippen LogP contribution in [0.1, 0.15) is 64.4 Å². The molecule has 0 saturated heterocycles. The number of rotatable bonds is 6. The fourth-order valence-electron chi connectivity index (χ4n) is 6.51. The van der Waals surface area contributed by atoms with Crippen LogP contribution in [-0.4, -0.2) is 22.8 Å². The van der Waals surface area contributed by atoms with Crippen LogP contribution in [-0.2, 0) is 6.42 Å². The third-order valence-electron chi connectivity index (χ3n) is 7.24. The summed E-state index contributed by atoms with van der Waals surface area (Å²) in [5.41, 5.74) is 1.44. The zero-order valence-electron chi connectivity index (χ0n) is 15.3. The van der Waals surface area contributed by atoms with E-state index in [1.807, 2.05) is 0 Å². The molecular formula is C22H33NO. The Balaban J connectivity index is 1.36. The van der Waals surface area contributed by atoms with Crippen molar-refractivity contribution in [1.29, 1.82) is 0 Å². The fraction of sp³-hybridized carbons (Fsp3) is 0.727. The first-order chi connectivity index (χ1) is 11.5. The number of aryl methyl sites for hydroxylation is 1. The van der Waals surface area contributed by atoms with Crippen LogP contribution in [0, 0.1) is 17.3 Å². The average Bonchev–Trinajstić information content (AvgIpc) is 2.51. The number of nitrogens with one attached hydrogen (secondary N) is 1. The van der Waals surface area contributed by atoms with E-state index in [0.717, 1.165) is 37.5 Å². The molecule has 0 aromatic heterocycles. The Morgan fingerprint density at radius 3 is 2.38 bits per heavy atom. The van der Waals surface area contributed by atoms with E-state index in [0.29, 0.717) is 17.5 Å². The third kappa shape index (κ3) is 3.15. The van der Waals surface area contributed by atoms with Gasteiger partial charge in [-0.2, -0.15) is 0 Å². The van der Waals surface area contributed by atoms with E-state index in [-0.39, 0.29) is 5.60 Å². The van der Waals surface area contributed by atoms with Gasteiger partial charge in [0.05, 0.1) is 5.60 Å². The molecule has 4 fully saturated rings. The summed E-state index contributed by atoms with van der Waals surface area (Å²) in [6.45, 7) is 4.71. The van der Waals surface area contributed by atoms with Crippen molar-refractivity contribution >= 4 is 0 Å². The second-order valence-electron chi connectivity index (χ2n) is 9.36. The third-order valence-corrected chi connectivity index (χ3v) is 7.24. The van der Waals surface area contributed by atoms with Crippen molar-refractivity contribution in [2.24, 2.45) is 17.3 Å². The highest BCUT2D eigenvalue weighted by Crippen LogP contribution is 2.62. The SMILES string of the molecule is C[C@H](CCc1ccccc1)N[C@H](C)C12C[C@H]3C[C@@H](CC(O)(C3)C1)C2. The van der Waals surface area contributed by atoms with Gasteiger partial charge in [0.1, 0.15) is 0 Å². The second kappa shape index (κ2) is 6.14. The minimum absolute atomic E-state index is 0.340. The van der Waals surface area contributed by atoms with Crippen LogP contribution >= 0.6 is 0 Å². The normalized spacial score (nSPS) is 39.8. The van der Waals surface area contributed by atoms with Crippen LogP contribution in [0.15, 0.2) is 30.3 Å². The molecule has 0 unspecified atom stereocenters. The van der Waals surface area contributed by atoms with Gasteiger partial charge in [-0.3, -0.25) is 0 Å². The van der Waals surface area contributed by atoms with Gasteiger partial charge in [-0.05, 0) is 88.0 Å². The van der Waals surface area contributed by atoms with Gasteiger partial charge in [-0.25, -0.2) is 0 Å². The minimum Gasteiger partial charge on any atom is -0.390 e. The Kier molecular flexibility index (Phi) is 4.25. The number of benzene rings is 1. The molecule has 0 amide bonds. The molecule has 2 heteroatoms. The predicted octanol–water partition coefficient (Wildman–Crippen LogP) is 4.32. The molecular weight excluding hydrogens is 294 g/mol. The number of hydrogen-bond donors (Lipinski definition) is 2. The number of hydrogen-bond acceptors (Lipinski definition) is 2. The van der Waals surface area contributed by atoms with Crippen molar-refractivity contribution in [2.75, 3.05) is 0 Å². The van der Waals surface area contributed by atoms with E-state index < -0.39 is 0 Å². The highest BCUT2D eigenvalue weighted by Gasteiger charge is 2.58. The summed E-state index contributed by atoms with van der Waals surface area (Å²) in [7, 11) is 0. The minimum atomic E-state index is -0.340. The van der Waals surface area contributed by atoms with Crippen LogP contribution in [0.3, 0.4) is 0 Å². The Morgan fingerprint density at radius 2 is 1.75 bits per heavy atom. The lowest BCUT2D eigenvalue weighted by atomic mass is 9.46. The lowest BCUT2D eigenvalue weighted by Gasteiger charge is -2.62. The Labute approximate surface area is 147 Å². The first-order valence-corrected chi connectivity index (χ1v) is 9.99. The second-order valence-corrected chi connectivity index (χ2v) is 9.36. The number of aliphatic hydroxyl groups is 1. The highest BCUT2D eigenvalue weighted by atomic mass is 16.3. The van der Waals surface area contributed by atoms with Crippen LogP contribution in [0.2, 0.25) is 0 Å². The van der Waals surface area contributed by atoms with E-state index in [2.05, 4.69) is 49.5 Å². The Bertz CT molecular complexity index is 555. The van der Waals surface area contributed by atoms with Crippen molar-refractivity contribution in [3.05, 3.63) is 35.9 Å². The summed E-state index contributed by atoms with van der Waals surface area (Å²) < 4.78 is 0. The molecule has 4 saturated carbocycles. The maximum absolute atomic E-state index is 11.0. The first kappa shape index (κ1) is 16.6. The molecule has 4 aliphatic rings. The van der Waals surface area contributed by atoms with Gasteiger partial charge in [0.25, 0.3) is 0 Å². The van der Waals surface area contributed by atoms with E-state index in [1.165, 1.54) is 31.2 Å². The van der Waals surface area contributed by atoms with E-state index in [9.17, 15) is 5.11 Å². The Hall–Kier alpha value is -0.860. The monoisotopic (exact) mass is 327 g/mol. The van der Waals surface area contributed by atoms with Crippen LogP contribution in [0.5, 0.6) is 0 Å². The molecule has 1 aromatic carbocycles. The van der Waals surface area contributed by atoms with Crippen molar-refractivity contribution in [3.63, 3.8) is 0 Å². The van der Waals surface area contributed by atoms with Gasteiger partial charge in [0.15, 0.2) is 0 Å². The van der Waals surface area contributed by atoms with Crippen molar-refractivity contribution in [2.45, 2.75) is 82.9 Å². The van der Waals surface area contributed by atoms with Gasteiger partial charge in [0, 0.05) is 12.1 Å². The predicted molar refractivity (Wildman–Crippen MR) is 98.9 cm³/mol. The van der Waals surface area contributed by atoms with Crippen LogP contribution in [0.25, 0.3) is 0 Å². The van der Waals surface area contributed by atoms with Gasteiger partial charge < -0.3 is 10.4 Å². The molecule has 2 N–H and O–H groups in total. The summed E-state index contributed by atoms with van der Waals surface area (Å²) in [6, 6.07) is 11.8. The topological polar surface area (TPSA) is 32.3 Å². The standard InChI is InChI=1S/C22H33NO/c1-16(8-9-18-6-4-3-5-7-18)23-17(2)21-11-19-10-20(12-21)14-22(24,13-19)15-21/h3-7,16-17,19-20,23-24H,8-15H2,1-2H3/t16-,17-,19-,20-,21?,22?/m1/s1. The van der Waals surface area contributed by atoms with Gasteiger partial charge in [-0.1, -0.05) is 30.3 Å². The van der Waals surface area contributed by atoms with Gasteiger partial charge in [-0.15, -0.1) is 0 Å². The van der Waals surface area contributed by atoms with Crippen molar-refractivity contribution < 1.29 is 5.11 Å². The van der Waals surface area contributed by atoms with Gasteiger partial charge >= 0.3 is 0 Å². The zero-order valence-corrected chi connectivity index (χ0v) is 15.3. The first-order valence-electron chi connectivity index (χ1n) is 9.99. The summed E-state index contributed by atoms with van der Waals surface area (Å²) >= 11 is 0. The lowest BCUT2D eigenvalue weighted by Crippen LogP contribution is -2.61. The summed E-state index contributed by atoms with van der Waals surface area (Å²) in [6.07, 6.45) is 9.55. The molecule has 0 heterocycles. The maximum Gasteiger partial charge on any atom is 0.0659 e. The molecule has 0 radical (unpaired) electrons. The van der Waals surface area contributed by atoms with Crippen molar-refractivity contribution in [1.82, 2.24) is 5.32 Å². The van der Waals surface area contributed by atoms with E-state index >= 15 is 0 Å². The summed E-state index contributed by atoms with van der Waals surface area (Å²) in [5.74, 6) is 1.56. The van der Waals surface area contributed by atoms with E-state index in [1.54, 1.807) is 0 Å². The smallest absolute Gasteiger partial charge is 0.0659 e. The molecule has 132 valence electrons. The Morgan fingerprint density at radius 1 is 1.08 bits per heavy atom. The summed E-state index contributed by atoms with van der Waals surface area (Å²) in [5, 5.41) is 14.9. The largest absolute Gasteiger partial charge is 0.390 e. The molecule has 24 heavy (non-hydrogen) atoms. The molecule has 2 nitrogen and oxygen atoms in total. The highest BCUT2D eigenvalue weighted by molar-refractivity contribution is 5.15. The van der Waals surface area contributed by atoms with Crippen LogP contribution in [0.4, 0.5) is 0 Å². The maximum atomic E-state index is 11.0. The molecule has 0 spiro atoms. The quantitative estimate of drug-likeness (QED) is 0.815. The zero-order chi connectivity index (χ0) is 16.8. The molecule has 1 aromatic rings. The molecule has 5 rings (SSSR count). The molecule has 0 aliphatic heterocycles. The average molecular weight is 328 g/mol. The van der Waals surface area contributed by atoms with Crippen molar-refractivity contribution in [3.8, 4) is 0 Å². The lowest BCUT2D eigenvalue weighted by molar-refractivity contribution is -0.172.